The average molecular weight is 332 g/mol. The van der Waals surface area contributed by atoms with Gasteiger partial charge >= 0.3 is 0 Å². The van der Waals surface area contributed by atoms with E-state index in [0.29, 0.717) is 16.6 Å². The Hall–Kier alpha value is -2.39. The number of aliphatic hydroxyl groups excluding tert-OH is 1. The van der Waals surface area contributed by atoms with Gasteiger partial charge in [0.25, 0.3) is 5.56 Å². The zero-order valence-electron chi connectivity index (χ0n) is 12.7. The van der Waals surface area contributed by atoms with E-state index in [-0.39, 0.29) is 12.2 Å². The number of tetrazole rings is 1. The molecule has 0 saturated heterocycles. The van der Waals surface area contributed by atoms with Crippen LogP contribution in [0.3, 0.4) is 0 Å². The summed E-state index contributed by atoms with van der Waals surface area (Å²) in [4.78, 5) is 12.9. The lowest BCUT2D eigenvalue weighted by molar-refractivity contribution is 0.322. The standard InChI is InChI=1S/C14H16N6O2S/c1-10-12(19-14(15-16-17-19)23-9-8-21)13(22)20(18(10)2)11-6-4-3-5-7-11/h3-7,21H,8-9H2,1-2H3. The quantitative estimate of drug-likeness (QED) is 0.686. The second kappa shape index (κ2) is 6.39. The Labute approximate surface area is 136 Å². The van der Waals surface area contributed by atoms with Crippen LogP contribution in [0.5, 0.6) is 0 Å². The largest absolute Gasteiger partial charge is 0.396 e. The SMILES string of the molecule is Cc1c(-n2nnnc2SCCO)c(=O)n(-c2ccccc2)n1C. The summed E-state index contributed by atoms with van der Waals surface area (Å²) < 4.78 is 4.78. The van der Waals surface area contributed by atoms with Gasteiger partial charge < -0.3 is 5.11 Å². The van der Waals surface area contributed by atoms with Gasteiger partial charge in [0.05, 0.1) is 18.0 Å². The van der Waals surface area contributed by atoms with Crippen LogP contribution in [0.1, 0.15) is 5.69 Å². The molecule has 3 rings (SSSR count). The van der Waals surface area contributed by atoms with Crippen LogP contribution < -0.4 is 5.56 Å². The molecule has 0 aliphatic rings. The summed E-state index contributed by atoms with van der Waals surface area (Å²) in [6, 6.07) is 9.39. The highest BCUT2D eigenvalue weighted by atomic mass is 32.2. The molecular formula is C14H16N6O2S. The lowest BCUT2D eigenvalue weighted by Gasteiger charge is -2.07. The van der Waals surface area contributed by atoms with Crippen molar-refractivity contribution in [1.29, 1.82) is 0 Å². The van der Waals surface area contributed by atoms with Crippen molar-refractivity contribution in [3.05, 3.63) is 46.4 Å². The van der Waals surface area contributed by atoms with E-state index in [4.69, 9.17) is 5.11 Å². The van der Waals surface area contributed by atoms with Crippen molar-refractivity contribution in [1.82, 2.24) is 29.6 Å². The maximum atomic E-state index is 12.9. The molecule has 2 heterocycles. The summed E-state index contributed by atoms with van der Waals surface area (Å²) >= 11 is 1.30. The van der Waals surface area contributed by atoms with E-state index in [0.717, 1.165) is 11.4 Å². The van der Waals surface area contributed by atoms with Crippen molar-refractivity contribution < 1.29 is 5.11 Å². The van der Waals surface area contributed by atoms with Gasteiger partial charge in [-0.05, 0) is 29.5 Å². The van der Waals surface area contributed by atoms with Crippen molar-refractivity contribution >= 4 is 11.8 Å². The topological polar surface area (TPSA) is 90.8 Å². The molecule has 9 heteroatoms. The molecule has 0 fully saturated rings. The molecule has 0 radical (unpaired) electrons. The molecule has 0 atom stereocenters. The zero-order valence-corrected chi connectivity index (χ0v) is 13.6. The summed E-state index contributed by atoms with van der Waals surface area (Å²) in [6.07, 6.45) is 0. The van der Waals surface area contributed by atoms with Crippen LogP contribution in [0.2, 0.25) is 0 Å². The lowest BCUT2D eigenvalue weighted by atomic mass is 10.3. The van der Waals surface area contributed by atoms with Crippen LogP contribution in [0.15, 0.2) is 40.3 Å². The first-order valence-electron chi connectivity index (χ1n) is 7.01. The first-order valence-corrected chi connectivity index (χ1v) is 8.00. The van der Waals surface area contributed by atoms with Crippen molar-refractivity contribution in [3.63, 3.8) is 0 Å². The van der Waals surface area contributed by atoms with Crippen molar-refractivity contribution in [3.8, 4) is 11.4 Å². The van der Waals surface area contributed by atoms with Gasteiger partial charge in [-0.15, -0.1) is 5.10 Å². The number of benzene rings is 1. The van der Waals surface area contributed by atoms with E-state index in [2.05, 4.69) is 15.5 Å². The molecular weight excluding hydrogens is 316 g/mol. The summed E-state index contributed by atoms with van der Waals surface area (Å²) in [5, 5.41) is 20.9. The van der Waals surface area contributed by atoms with Crippen LogP contribution in [0.25, 0.3) is 11.4 Å². The predicted octanol–water partition coefficient (Wildman–Crippen LogP) is 0.545. The van der Waals surface area contributed by atoms with E-state index in [1.54, 1.807) is 9.36 Å². The number of para-hydroxylation sites is 1. The molecule has 1 N–H and O–H groups in total. The Bertz CT molecular complexity index is 867. The fourth-order valence-corrected chi connectivity index (χ4v) is 2.96. The van der Waals surface area contributed by atoms with Crippen molar-refractivity contribution in [2.75, 3.05) is 12.4 Å². The maximum Gasteiger partial charge on any atom is 0.297 e. The number of thioether (sulfide) groups is 1. The average Bonchev–Trinajstić information content (AvgIpc) is 3.09. The smallest absolute Gasteiger partial charge is 0.297 e. The van der Waals surface area contributed by atoms with Crippen LogP contribution >= 0.6 is 11.8 Å². The maximum absolute atomic E-state index is 12.9. The predicted molar refractivity (Wildman–Crippen MR) is 86.3 cm³/mol. The van der Waals surface area contributed by atoms with E-state index in [1.165, 1.54) is 16.4 Å². The van der Waals surface area contributed by atoms with Crippen molar-refractivity contribution in [2.45, 2.75) is 12.1 Å². The van der Waals surface area contributed by atoms with Crippen LogP contribution in [0, 0.1) is 6.92 Å². The van der Waals surface area contributed by atoms with Gasteiger partial charge in [-0.1, -0.05) is 30.0 Å². The third-order valence-electron chi connectivity index (χ3n) is 3.50. The van der Waals surface area contributed by atoms with Gasteiger partial charge in [0.2, 0.25) is 5.16 Å². The summed E-state index contributed by atoms with van der Waals surface area (Å²) in [7, 11) is 1.82. The minimum atomic E-state index is -0.200. The van der Waals surface area contributed by atoms with E-state index in [9.17, 15) is 4.79 Å². The third kappa shape index (κ3) is 2.68. The van der Waals surface area contributed by atoms with E-state index in [1.807, 2.05) is 44.3 Å². The highest BCUT2D eigenvalue weighted by Gasteiger charge is 2.21. The van der Waals surface area contributed by atoms with Gasteiger partial charge in [-0.3, -0.25) is 9.48 Å². The number of aliphatic hydroxyl groups is 1. The second-order valence-electron chi connectivity index (χ2n) is 4.86. The highest BCUT2D eigenvalue weighted by molar-refractivity contribution is 7.99. The molecule has 23 heavy (non-hydrogen) atoms. The highest BCUT2D eigenvalue weighted by Crippen LogP contribution is 2.19. The molecule has 3 aromatic rings. The summed E-state index contributed by atoms with van der Waals surface area (Å²) in [6.45, 7) is 1.86. The van der Waals surface area contributed by atoms with Crippen molar-refractivity contribution in [2.24, 2.45) is 7.05 Å². The summed E-state index contributed by atoms with van der Waals surface area (Å²) in [5.74, 6) is 0.457. The zero-order chi connectivity index (χ0) is 16.4. The summed E-state index contributed by atoms with van der Waals surface area (Å²) in [5.41, 5.74) is 1.72. The Morgan fingerprint density at radius 2 is 2.00 bits per heavy atom. The molecule has 0 bridgehead atoms. The van der Waals surface area contributed by atoms with Gasteiger partial charge in [-0.25, -0.2) is 4.68 Å². The number of hydrogen-bond donors (Lipinski definition) is 1. The minimum absolute atomic E-state index is 0.0134. The van der Waals surface area contributed by atoms with Crippen LogP contribution in [-0.4, -0.2) is 47.0 Å². The molecule has 0 amide bonds. The van der Waals surface area contributed by atoms with Crippen LogP contribution in [0.4, 0.5) is 0 Å². The Morgan fingerprint density at radius 1 is 1.26 bits per heavy atom. The molecule has 1 aromatic carbocycles. The van der Waals surface area contributed by atoms with Gasteiger partial charge in [0.15, 0.2) is 5.69 Å². The fraction of sp³-hybridized carbons (Fsp3) is 0.286. The molecule has 0 saturated carbocycles. The Balaban J connectivity index is 2.16. The van der Waals surface area contributed by atoms with Gasteiger partial charge in [0.1, 0.15) is 0 Å². The molecule has 0 aliphatic heterocycles. The first-order chi connectivity index (χ1) is 11.1. The van der Waals surface area contributed by atoms with Gasteiger partial charge in [-0.2, -0.15) is 4.68 Å². The molecule has 120 valence electrons. The lowest BCUT2D eigenvalue weighted by Crippen LogP contribution is -2.22. The minimum Gasteiger partial charge on any atom is -0.396 e. The van der Waals surface area contributed by atoms with E-state index >= 15 is 0 Å². The monoisotopic (exact) mass is 332 g/mol. The number of aromatic nitrogens is 6. The first kappa shape index (κ1) is 15.5. The number of hydrogen-bond acceptors (Lipinski definition) is 6. The molecule has 2 aromatic heterocycles. The number of nitrogens with zero attached hydrogens (tertiary/aromatic N) is 6. The normalized spacial score (nSPS) is 11.1. The second-order valence-corrected chi connectivity index (χ2v) is 5.92. The Morgan fingerprint density at radius 3 is 2.70 bits per heavy atom. The molecule has 0 spiro atoms. The fourth-order valence-electron chi connectivity index (χ4n) is 2.34. The molecule has 8 nitrogen and oxygen atoms in total. The molecule has 0 aliphatic carbocycles. The molecule has 0 unspecified atom stereocenters. The van der Waals surface area contributed by atoms with E-state index < -0.39 is 0 Å². The Kier molecular flexibility index (Phi) is 4.30. The third-order valence-corrected chi connectivity index (χ3v) is 4.40. The van der Waals surface area contributed by atoms with Gasteiger partial charge in [0, 0.05) is 12.8 Å². The van der Waals surface area contributed by atoms with Crippen LogP contribution in [-0.2, 0) is 7.05 Å². The number of rotatable bonds is 5.